The Balaban J connectivity index is 1.43. The van der Waals surface area contributed by atoms with Gasteiger partial charge in [0, 0.05) is 32.7 Å². The van der Waals surface area contributed by atoms with Crippen LogP contribution in [0, 0.1) is 0 Å². The van der Waals surface area contributed by atoms with E-state index >= 15 is 0 Å². The van der Waals surface area contributed by atoms with Crippen molar-refractivity contribution < 1.29 is 14.6 Å². The fourth-order valence-electron chi connectivity index (χ4n) is 3.85. The lowest BCUT2D eigenvalue weighted by Gasteiger charge is -2.33. The first kappa shape index (κ1) is 18.2. The van der Waals surface area contributed by atoms with Crippen LogP contribution >= 0.6 is 0 Å². The van der Waals surface area contributed by atoms with Gasteiger partial charge in [-0.25, -0.2) is 4.79 Å². The smallest absolute Gasteiger partial charge is 0.410 e. The first-order chi connectivity index (χ1) is 12.3. The number of nitrogens with zero attached hydrogens (tertiary/aromatic N) is 2. The zero-order chi connectivity index (χ0) is 17.5. The summed E-state index contributed by atoms with van der Waals surface area (Å²) in [6.07, 6.45) is 6.43. The van der Waals surface area contributed by atoms with E-state index in [2.05, 4.69) is 29.2 Å². The average Bonchev–Trinajstić information content (AvgIpc) is 2.68. The summed E-state index contributed by atoms with van der Waals surface area (Å²) in [5.74, 6) is 0.709. The number of amides is 1. The van der Waals surface area contributed by atoms with Crippen molar-refractivity contribution in [3.8, 4) is 0 Å². The van der Waals surface area contributed by atoms with Crippen LogP contribution in [-0.4, -0.2) is 60.3 Å². The Morgan fingerprint density at radius 3 is 2.36 bits per heavy atom. The maximum Gasteiger partial charge on any atom is 0.410 e. The molecule has 0 spiro atoms. The van der Waals surface area contributed by atoms with Crippen LogP contribution in [0.25, 0.3) is 0 Å². The summed E-state index contributed by atoms with van der Waals surface area (Å²) >= 11 is 0. The molecule has 1 aliphatic heterocycles. The zero-order valence-electron chi connectivity index (χ0n) is 15.0. The Bertz CT molecular complexity index is 532. The quantitative estimate of drug-likeness (QED) is 0.890. The fraction of sp³-hybridized carbons (Fsp3) is 0.650. The van der Waals surface area contributed by atoms with Gasteiger partial charge in [0.1, 0.15) is 6.61 Å². The number of hydrogen-bond donors (Lipinski definition) is 1. The minimum absolute atomic E-state index is 0.168. The first-order valence-corrected chi connectivity index (χ1v) is 9.60. The third-order valence-corrected chi connectivity index (χ3v) is 5.47. The SMILES string of the molecule is O=C(OCc1ccc(C2CCCCC2)cc1)N1CCN(CCO)CC1. The minimum atomic E-state index is -0.236. The van der Waals surface area contributed by atoms with Crippen molar-refractivity contribution in [1.29, 1.82) is 0 Å². The third-order valence-electron chi connectivity index (χ3n) is 5.47. The number of carbonyl (C=O) groups excluding carboxylic acids is 1. The van der Waals surface area contributed by atoms with E-state index in [4.69, 9.17) is 9.84 Å². The highest BCUT2D eigenvalue weighted by Gasteiger charge is 2.21. The predicted molar refractivity (Wildman–Crippen MR) is 97.6 cm³/mol. The van der Waals surface area contributed by atoms with Crippen molar-refractivity contribution >= 4 is 6.09 Å². The number of piperazine rings is 1. The van der Waals surface area contributed by atoms with Crippen LogP contribution < -0.4 is 0 Å². The zero-order valence-corrected chi connectivity index (χ0v) is 15.0. The molecule has 3 rings (SSSR count). The fourth-order valence-corrected chi connectivity index (χ4v) is 3.85. The van der Waals surface area contributed by atoms with Gasteiger partial charge in [0.2, 0.25) is 0 Å². The van der Waals surface area contributed by atoms with E-state index in [9.17, 15) is 4.79 Å². The van der Waals surface area contributed by atoms with Crippen molar-refractivity contribution in [2.75, 3.05) is 39.3 Å². The lowest BCUT2D eigenvalue weighted by atomic mass is 9.84. The summed E-state index contributed by atoms with van der Waals surface area (Å²) < 4.78 is 5.47. The lowest BCUT2D eigenvalue weighted by Crippen LogP contribution is -2.49. The van der Waals surface area contributed by atoms with E-state index in [0.717, 1.165) is 18.7 Å². The molecule has 0 atom stereocenters. The van der Waals surface area contributed by atoms with Crippen LogP contribution in [0.3, 0.4) is 0 Å². The Labute approximate surface area is 150 Å². The Morgan fingerprint density at radius 1 is 1.04 bits per heavy atom. The number of aliphatic hydroxyl groups excluding tert-OH is 1. The molecule has 0 bridgehead atoms. The maximum absolute atomic E-state index is 12.2. The van der Waals surface area contributed by atoms with E-state index < -0.39 is 0 Å². The Hall–Kier alpha value is -1.59. The second-order valence-electron chi connectivity index (χ2n) is 7.18. The number of aliphatic hydroxyl groups is 1. The number of benzene rings is 1. The molecule has 0 unspecified atom stereocenters. The number of carbonyl (C=O) groups is 1. The summed E-state index contributed by atoms with van der Waals surface area (Å²) in [6.45, 7) is 4.11. The van der Waals surface area contributed by atoms with Crippen LogP contribution in [0.2, 0.25) is 0 Å². The maximum atomic E-state index is 12.2. The van der Waals surface area contributed by atoms with Gasteiger partial charge in [-0.3, -0.25) is 4.90 Å². The van der Waals surface area contributed by atoms with Gasteiger partial charge in [-0.1, -0.05) is 43.5 Å². The van der Waals surface area contributed by atoms with Gasteiger partial charge in [0.05, 0.1) is 6.61 Å². The highest BCUT2D eigenvalue weighted by atomic mass is 16.6. The molecule has 1 saturated heterocycles. The molecule has 5 nitrogen and oxygen atoms in total. The minimum Gasteiger partial charge on any atom is -0.445 e. The molecule has 1 amide bonds. The van der Waals surface area contributed by atoms with Gasteiger partial charge in [-0.15, -0.1) is 0 Å². The topological polar surface area (TPSA) is 53.0 Å². The van der Waals surface area contributed by atoms with Gasteiger partial charge in [0.15, 0.2) is 0 Å². The number of β-amino-alcohol motifs (C(OH)–C–C–N with tert-alkyl or cyclic N) is 1. The lowest BCUT2D eigenvalue weighted by molar-refractivity contribution is 0.0674. The molecule has 1 aromatic carbocycles. The van der Waals surface area contributed by atoms with Crippen molar-refractivity contribution in [2.24, 2.45) is 0 Å². The normalized spacial score (nSPS) is 19.8. The molecule has 1 saturated carbocycles. The van der Waals surface area contributed by atoms with E-state index in [1.54, 1.807) is 4.90 Å². The Kier molecular flexibility index (Phi) is 6.70. The van der Waals surface area contributed by atoms with Crippen molar-refractivity contribution in [3.05, 3.63) is 35.4 Å². The molecule has 0 aromatic heterocycles. The number of hydrogen-bond acceptors (Lipinski definition) is 4. The molecule has 1 aliphatic carbocycles. The second kappa shape index (κ2) is 9.20. The summed E-state index contributed by atoms with van der Waals surface area (Å²) in [4.78, 5) is 16.1. The van der Waals surface area contributed by atoms with Gasteiger partial charge in [-0.05, 0) is 29.9 Å². The largest absolute Gasteiger partial charge is 0.445 e. The first-order valence-electron chi connectivity index (χ1n) is 9.60. The molecule has 5 heteroatoms. The number of ether oxygens (including phenoxy) is 1. The van der Waals surface area contributed by atoms with Crippen molar-refractivity contribution in [1.82, 2.24) is 9.80 Å². The van der Waals surface area contributed by atoms with Crippen LogP contribution in [0.5, 0.6) is 0 Å². The molecule has 1 heterocycles. The second-order valence-corrected chi connectivity index (χ2v) is 7.18. The molecule has 0 radical (unpaired) electrons. The van der Waals surface area contributed by atoms with Gasteiger partial charge in [-0.2, -0.15) is 0 Å². The third kappa shape index (κ3) is 5.19. The molecular formula is C20H30N2O3. The summed E-state index contributed by atoms with van der Waals surface area (Å²) in [6, 6.07) is 8.59. The average molecular weight is 346 g/mol. The van der Waals surface area contributed by atoms with Gasteiger partial charge < -0.3 is 14.7 Å². The Morgan fingerprint density at radius 2 is 1.72 bits per heavy atom. The molecule has 138 valence electrons. The van der Waals surface area contributed by atoms with Crippen LogP contribution in [0.15, 0.2) is 24.3 Å². The highest BCUT2D eigenvalue weighted by molar-refractivity contribution is 5.67. The molecule has 25 heavy (non-hydrogen) atoms. The van der Waals surface area contributed by atoms with E-state index in [1.165, 1.54) is 37.7 Å². The molecule has 2 aliphatic rings. The molecular weight excluding hydrogens is 316 g/mol. The van der Waals surface area contributed by atoms with Crippen LogP contribution in [0.1, 0.15) is 49.1 Å². The monoisotopic (exact) mass is 346 g/mol. The van der Waals surface area contributed by atoms with Crippen LogP contribution in [0.4, 0.5) is 4.79 Å². The van der Waals surface area contributed by atoms with E-state index in [1.807, 2.05) is 0 Å². The summed E-state index contributed by atoms with van der Waals surface area (Å²) in [5.41, 5.74) is 2.47. The standard InChI is InChI=1S/C20H30N2O3/c23-15-14-21-10-12-22(13-11-21)20(24)25-16-17-6-8-19(9-7-17)18-4-2-1-3-5-18/h6-9,18,23H,1-5,10-16H2. The van der Waals surface area contributed by atoms with Crippen molar-refractivity contribution in [3.63, 3.8) is 0 Å². The molecule has 1 N–H and O–H groups in total. The molecule has 2 fully saturated rings. The highest BCUT2D eigenvalue weighted by Crippen LogP contribution is 2.32. The summed E-state index contributed by atoms with van der Waals surface area (Å²) in [5, 5.41) is 8.96. The van der Waals surface area contributed by atoms with Crippen LogP contribution in [-0.2, 0) is 11.3 Å². The molecule has 1 aromatic rings. The van der Waals surface area contributed by atoms with E-state index in [0.29, 0.717) is 32.2 Å². The summed E-state index contributed by atoms with van der Waals surface area (Å²) in [7, 11) is 0. The van der Waals surface area contributed by atoms with Crippen molar-refractivity contribution in [2.45, 2.75) is 44.6 Å². The number of rotatable bonds is 5. The van der Waals surface area contributed by atoms with E-state index in [-0.39, 0.29) is 12.7 Å². The van der Waals surface area contributed by atoms with Gasteiger partial charge in [0.25, 0.3) is 0 Å². The predicted octanol–water partition coefficient (Wildman–Crippen LogP) is 2.98. The van der Waals surface area contributed by atoms with Gasteiger partial charge >= 0.3 is 6.09 Å².